The van der Waals surface area contributed by atoms with Crippen LogP contribution in [0.2, 0.25) is 0 Å². The van der Waals surface area contributed by atoms with E-state index < -0.39 is 12.1 Å². The number of pyridine rings is 1. The van der Waals surface area contributed by atoms with Crippen LogP contribution in [0.15, 0.2) is 24.5 Å². The molecule has 1 aliphatic rings. The Bertz CT molecular complexity index is 386. The molecule has 3 N–H and O–H groups in total. The summed E-state index contributed by atoms with van der Waals surface area (Å²) < 4.78 is 0. The van der Waals surface area contributed by atoms with Crippen molar-refractivity contribution >= 4 is 30.7 Å². The highest BCUT2D eigenvalue weighted by Crippen LogP contribution is 2.18. The normalized spacial score (nSPS) is 17.1. The van der Waals surface area contributed by atoms with Crippen molar-refractivity contribution in [3.8, 4) is 0 Å². The van der Waals surface area contributed by atoms with E-state index in [1.807, 2.05) is 0 Å². The minimum atomic E-state index is -0.967. The van der Waals surface area contributed by atoms with Gasteiger partial charge in [0.05, 0.1) is 0 Å². The van der Waals surface area contributed by atoms with Gasteiger partial charge in [-0.25, -0.2) is 0 Å². The fraction of sp³-hybridized carbons (Fsp3) is 0.500. The third kappa shape index (κ3) is 4.31. The van der Waals surface area contributed by atoms with Gasteiger partial charge in [-0.3, -0.25) is 9.78 Å². The molecule has 0 spiro atoms. The van der Waals surface area contributed by atoms with Gasteiger partial charge in [-0.05, 0) is 30.5 Å². The minimum absolute atomic E-state index is 0. The lowest BCUT2D eigenvalue weighted by Gasteiger charge is -2.23. The lowest BCUT2D eigenvalue weighted by atomic mass is 10.0. The first-order valence-electron chi connectivity index (χ1n) is 5.82. The summed E-state index contributed by atoms with van der Waals surface area (Å²) in [6, 6.07) is 2.44. The first-order valence-corrected chi connectivity index (χ1v) is 5.82. The minimum Gasteiger partial charge on any atom is -0.386 e. The van der Waals surface area contributed by atoms with E-state index in [-0.39, 0.29) is 30.7 Å². The van der Waals surface area contributed by atoms with Crippen molar-refractivity contribution in [2.24, 2.45) is 5.73 Å². The smallest absolute Gasteiger partial charge is 0.242 e. The van der Waals surface area contributed by atoms with Crippen LogP contribution >= 0.6 is 24.8 Å². The van der Waals surface area contributed by atoms with Gasteiger partial charge < -0.3 is 15.7 Å². The quantitative estimate of drug-likeness (QED) is 0.870. The zero-order chi connectivity index (χ0) is 12.3. The predicted octanol–water partition coefficient (Wildman–Crippen LogP) is 0.908. The molecule has 1 aromatic rings. The summed E-state index contributed by atoms with van der Waals surface area (Å²) >= 11 is 0. The Morgan fingerprint density at radius 1 is 1.26 bits per heavy atom. The van der Waals surface area contributed by atoms with Crippen molar-refractivity contribution in [3.63, 3.8) is 0 Å². The Kier molecular flexibility index (Phi) is 7.94. The number of rotatable bonds is 3. The summed E-state index contributed by atoms with van der Waals surface area (Å²) in [4.78, 5) is 17.6. The molecule has 1 aliphatic heterocycles. The molecule has 0 bridgehead atoms. The Morgan fingerprint density at radius 3 is 2.32 bits per heavy atom. The number of carbonyl (C=O) groups is 1. The Labute approximate surface area is 125 Å². The molecular formula is C12H19Cl2N3O2. The second kappa shape index (κ2) is 8.32. The second-order valence-electron chi connectivity index (χ2n) is 4.28. The molecule has 5 nitrogen and oxygen atoms in total. The van der Waals surface area contributed by atoms with Crippen LogP contribution in [0.5, 0.6) is 0 Å². The number of amides is 1. The summed E-state index contributed by atoms with van der Waals surface area (Å²) in [7, 11) is 0. The lowest BCUT2D eigenvalue weighted by molar-refractivity contribution is -0.134. The maximum atomic E-state index is 12.0. The van der Waals surface area contributed by atoms with Crippen LogP contribution in [0.25, 0.3) is 0 Å². The van der Waals surface area contributed by atoms with Crippen LogP contribution in [0.3, 0.4) is 0 Å². The standard InChI is InChI=1S/C12H17N3O2.2ClH/c13-10(12(17)15-7-1-2-8-15)11(16)9-3-5-14-6-4-9;;/h3-6,10-11,16H,1-2,7-8,13H2;2*1H. The summed E-state index contributed by atoms with van der Waals surface area (Å²) in [5, 5.41) is 10.0. The summed E-state index contributed by atoms with van der Waals surface area (Å²) in [5.41, 5.74) is 6.44. The van der Waals surface area contributed by atoms with Gasteiger partial charge in [0.25, 0.3) is 0 Å². The van der Waals surface area contributed by atoms with Crippen LogP contribution in [0.1, 0.15) is 24.5 Å². The van der Waals surface area contributed by atoms with Crippen LogP contribution in [-0.4, -0.2) is 40.0 Å². The SMILES string of the molecule is Cl.Cl.NC(C(=O)N1CCCC1)C(O)c1ccncc1. The molecule has 1 saturated heterocycles. The molecule has 2 unspecified atom stereocenters. The zero-order valence-corrected chi connectivity index (χ0v) is 12.1. The second-order valence-corrected chi connectivity index (χ2v) is 4.28. The molecule has 1 aromatic heterocycles. The fourth-order valence-electron chi connectivity index (χ4n) is 2.05. The van der Waals surface area contributed by atoms with Crippen LogP contribution in [0.4, 0.5) is 0 Å². The van der Waals surface area contributed by atoms with E-state index in [1.165, 1.54) is 0 Å². The van der Waals surface area contributed by atoms with Gasteiger partial charge in [0.1, 0.15) is 12.1 Å². The molecule has 2 heterocycles. The van der Waals surface area contributed by atoms with Crippen molar-refractivity contribution in [3.05, 3.63) is 30.1 Å². The Balaban J connectivity index is 0.00000162. The van der Waals surface area contributed by atoms with E-state index in [4.69, 9.17) is 5.73 Å². The Morgan fingerprint density at radius 2 is 1.79 bits per heavy atom. The van der Waals surface area contributed by atoms with Crippen molar-refractivity contribution in [1.29, 1.82) is 0 Å². The molecular weight excluding hydrogens is 289 g/mol. The largest absolute Gasteiger partial charge is 0.386 e. The molecule has 7 heteroatoms. The van der Waals surface area contributed by atoms with Crippen molar-refractivity contribution in [1.82, 2.24) is 9.88 Å². The molecule has 0 saturated carbocycles. The van der Waals surface area contributed by atoms with Crippen molar-refractivity contribution in [2.45, 2.75) is 25.0 Å². The van der Waals surface area contributed by atoms with E-state index in [2.05, 4.69) is 4.98 Å². The van der Waals surface area contributed by atoms with Gasteiger partial charge in [-0.1, -0.05) is 0 Å². The summed E-state index contributed by atoms with van der Waals surface area (Å²) in [6.07, 6.45) is 4.22. The molecule has 0 aromatic carbocycles. The van der Waals surface area contributed by atoms with Crippen molar-refractivity contribution in [2.75, 3.05) is 13.1 Å². The topological polar surface area (TPSA) is 79.5 Å². The molecule has 2 atom stereocenters. The van der Waals surface area contributed by atoms with Gasteiger partial charge in [0.2, 0.25) is 5.91 Å². The van der Waals surface area contributed by atoms with Gasteiger partial charge in [0, 0.05) is 25.5 Å². The summed E-state index contributed by atoms with van der Waals surface area (Å²) in [5.74, 6) is -0.174. The first-order chi connectivity index (χ1) is 8.20. The fourth-order valence-corrected chi connectivity index (χ4v) is 2.05. The number of nitrogens with two attached hydrogens (primary N) is 1. The van der Waals surface area contributed by atoms with E-state index in [0.717, 1.165) is 25.9 Å². The highest BCUT2D eigenvalue weighted by Gasteiger charge is 2.29. The number of aliphatic hydroxyl groups excluding tert-OH is 1. The van der Waals surface area contributed by atoms with Gasteiger partial charge in [-0.15, -0.1) is 24.8 Å². The van der Waals surface area contributed by atoms with Crippen LogP contribution < -0.4 is 5.73 Å². The number of likely N-dealkylation sites (tertiary alicyclic amines) is 1. The number of hydrogen-bond donors (Lipinski definition) is 2. The maximum Gasteiger partial charge on any atom is 0.242 e. The number of halogens is 2. The van der Waals surface area contributed by atoms with Crippen LogP contribution in [-0.2, 0) is 4.79 Å². The monoisotopic (exact) mass is 307 g/mol. The number of nitrogens with zero attached hydrogens (tertiary/aromatic N) is 2. The third-order valence-electron chi connectivity index (χ3n) is 3.09. The zero-order valence-electron chi connectivity index (χ0n) is 10.4. The number of aromatic nitrogens is 1. The molecule has 19 heavy (non-hydrogen) atoms. The third-order valence-corrected chi connectivity index (χ3v) is 3.09. The van der Waals surface area contributed by atoms with E-state index in [9.17, 15) is 9.90 Å². The van der Waals surface area contributed by atoms with E-state index in [0.29, 0.717) is 5.56 Å². The molecule has 2 rings (SSSR count). The molecule has 0 aliphatic carbocycles. The average molecular weight is 308 g/mol. The summed E-state index contributed by atoms with van der Waals surface area (Å²) in [6.45, 7) is 1.49. The van der Waals surface area contributed by atoms with E-state index in [1.54, 1.807) is 29.4 Å². The molecule has 1 fully saturated rings. The molecule has 108 valence electrons. The average Bonchev–Trinajstić information content (AvgIpc) is 2.91. The molecule has 1 amide bonds. The Hall–Kier alpha value is -0.880. The van der Waals surface area contributed by atoms with Gasteiger partial charge in [-0.2, -0.15) is 0 Å². The predicted molar refractivity (Wildman–Crippen MR) is 77.5 cm³/mol. The van der Waals surface area contributed by atoms with Gasteiger partial charge in [0.15, 0.2) is 0 Å². The van der Waals surface area contributed by atoms with Gasteiger partial charge >= 0.3 is 0 Å². The highest BCUT2D eigenvalue weighted by molar-refractivity contribution is 5.85. The van der Waals surface area contributed by atoms with Crippen molar-refractivity contribution < 1.29 is 9.90 Å². The van der Waals surface area contributed by atoms with E-state index >= 15 is 0 Å². The number of aliphatic hydroxyl groups is 1. The number of hydrogen-bond acceptors (Lipinski definition) is 4. The highest BCUT2D eigenvalue weighted by atomic mass is 35.5. The van der Waals surface area contributed by atoms with Crippen LogP contribution in [0, 0.1) is 0 Å². The molecule has 0 radical (unpaired) electrons. The maximum absolute atomic E-state index is 12.0. The number of carbonyl (C=O) groups excluding carboxylic acids is 1. The first kappa shape index (κ1) is 18.1. The lowest BCUT2D eigenvalue weighted by Crippen LogP contribution is -2.45.